The van der Waals surface area contributed by atoms with Crippen LogP contribution >= 0.6 is 0 Å². The van der Waals surface area contributed by atoms with Crippen LogP contribution in [0.4, 0.5) is 0 Å². The van der Waals surface area contributed by atoms with Gasteiger partial charge in [-0.25, -0.2) is 14.6 Å². The predicted octanol–water partition coefficient (Wildman–Crippen LogP) is 4.25. The molecule has 2 heterocycles. The summed E-state index contributed by atoms with van der Waals surface area (Å²) in [6.07, 6.45) is 2.95. The van der Waals surface area contributed by atoms with Crippen molar-refractivity contribution in [1.29, 1.82) is 0 Å². The standard InChI is InChI=1S/C24H19NO7/c1-3-29-21-14-15(6-11-19(21)31-24(27)20-5-4-12-30-20)13-18-23(26)32-22(25-18)16-7-9-17(28-2)10-8-16/h4-14H,3H2,1-2H3/b18-13+. The highest BCUT2D eigenvalue weighted by atomic mass is 16.6. The molecule has 1 aliphatic rings. The van der Waals surface area contributed by atoms with E-state index in [0.29, 0.717) is 29.2 Å². The molecule has 0 bridgehead atoms. The van der Waals surface area contributed by atoms with Crippen molar-refractivity contribution < 1.29 is 33.0 Å². The van der Waals surface area contributed by atoms with Gasteiger partial charge in [-0.2, -0.15) is 0 Å². The van der Waals surface area contributed by atoms with Crippen molar-refractivity contribution in [3.05, 3.63) is 83.4 Å². The van der Waals surface area contributed by atoms with E-state index in [4.69, 9.17) is 23.4 Å². The first-order chi connectivity index (χ1) is 15.6. The largest absolute Gasteiger partial charge is 0.497 e. The average molecular weight is 433 g/mol. The molecule has 0 aliphatic carbocycles. The van der Waals surface area contributed by atoms with Gasteiger partial charge < -0.3 is 23.4 Å². The lowest BCUT2D eigenvalue weighted by atomic mass is 10.1. The number of hydrogen-bond donors (Lipinski definition) is 0. The Bertz CT molecular complexity index is 1190. The molecule has 0 saturated heterocycles. The van der Waals surface area contributed by atoms with Gasteiger partial charge in [0.25, 0.3) is 0 Å². The molecule has 1 aliphatic heterocycles. The first kappa shape index (κ1) is 20.9. The van der Waals surface area contributed by atoms with Crippen LogP contribution in [0, 0.1) is 0 Å². The predicted molar refractivity (Wildman–Crippen MR) is 115 cm³/mol. The van der Waals surface area contributed by atoms with Crippen LogP contribution in [-0.2, 0) is 9.53 Å². The maximum Gasteiger partial charge on any atom is 0.379 e. The van der Waals surface area contributed by atoms with Crippen molar-refractivity contribution in [3.8, 4) is 17.2 Å². The number of aliphatic imine (C=N–C) groups is 1. The van der Waals surface area contributed by atoms with Crippen molar-refractivity contribution in [1.82, 2.24) is 0 Å². The summed E-state index contributed by atoms with van der Waals surface area (Å²) in [5, 5.41) is 0. The normalized spacial score (nSPS) is 14.1. The topological polar surface area (TPSA) is 96.6 Å². The Balaban J connectivity index is 1.58. The molecule has 0 radical (unpaired) electrons. The Labute approximate surface area is 183 Å². The molecular formula is C24H19NO7. The fourth-order valence-electron chi connectivity index (χ4n) is 2.94. The summed E-state index contributed by atoms with van der Waals surface area (Å²) < 4.78 is 26.4. The minimum atomic E-state index is -0.643. The van der Waals surface area contributed by atoms with E-state index in [1.54, 1.807) is 61.7 Å². The molecule has 0 unspecified atom stereocenters. The van der Waals surface area contributed by atoms with Gasteiger partial charge in [0.15, 0.2) is 17.2 Å². The minimum absolute atomic E-state index is 0.0766. The molecule has 4 rings (SSSR count). The van der Waals surface area contributed by atoms with Gasteiger partial charge in [-0.05, 0) is 67.1 Å². The fraction of sp³-hybridized carbons (Fsp3) is 0.125. The van der Waals surface area contributed by atoms with Gasteiger partial charge in [0.1, 0.15) is 5.75 Å². The van der Waals surface area contributed by atoms with E-state index >= 15 is 0 Å². The van der Waals surface area contributed by atoms with Gasteiger partial charge in [-0.15, -0.1) is 0 Å². The molecule has 0 spiro atoms. The number of cyclic esters (lactones) is 1. The van der Waals surface area contributed by atoms with Crippen LogP contribution in [0.3, 0.4) is 0 Å². The number of ether oxygens (including phenoxy) is 4. The van der Waals surface area contributed by atoms with Crippen molar-refractivity contribution in [3.63, 3.8) is 0 Å². The smallest absolute Gasteiger partial charge is 0.379 e. The van der Waals surface area contributed by atoms with Crippen LogP contribution in [0.25, 0.3) is 6.08 Å². The Kier molecular flexibility index (Phi) is 6.03. The molecular weight excluding hydrogens is 414 g/mol. The van der Waals surface area contributed by atoms with Crippen molar-refractivity contribution in [2.75, 3.05) is 13.7 Å². The number of nitrogens with zero attached hydrogens (tertiary/aromatic N) is 1. The first-order valence-electron chi connectivity index (χ1n) is 9.77. The van der Waals surface area contributed by atoms with Crippen LogP contribution < -0.4 is 14.2 Å². The molecule has 3 aromatic rings. The van der Waals surface area contributed by atoms with Gasteiger partial charge in [-0.1, -0.05) is 6.07 Å². The highest BCUT2D eigenvalue weighted by molar-refractivity contribution is 6.12. The third-order valence-corrected chi connectivity index (χ3v) is 4.45. The molecule has 0 fully saturated rings. The quantitative estimate of drug-likeness (QED) is 0.312. The molecule has 162 valence electrons. The number of methoxy groups -OCH3 is 1. The number of benzene rings is 2. The summed E-state index contributed by atoms with van der Waals surface area (Å²) in [6, 6.07) is 15.0. The Morgan fingerprint density at radius 2 is 1.91 bits per heavy atom. The molecule has 8 heteroatoms. The summed E-state index contributed by atoms with van der Waals surface area (Å²) in [6.45, 7) is 2.16. The van der Waals surface area contributed by atoms with Gasteiger partial charge in [0.05, 0.1) is 20.0 Å². The van der Waals surface area contributed by atoms with E-state index in [-0.39, 0.29) is 23.1 Å². The van der Waals surface area contributed by atoms with Gasteiger partial charge in [0.2, 0.25) is 11.7 Å². The molecule has 1 aromatic heterocycles. The highest BCUT2D eigenvalue weighted by Gasteiger charge is 2.24. The first-order valence-corrected chi connectivity index (χ1v) is 9.77. The molecule has 32 heavy (non-hydrogen) atoms. The minimum Gasteiger partial charge on any atom is -0.497 e. The molecule has 2 aromatic carbocycles. The summed E-state index contributed by atoms with van der Waals surface area (Å²) in [4.78, 5) is 28.8. The lowest BCUT2D eigenvalue weighted by molar-refractivity contribution is -0.129. The number of rotatable bonds is 7. The van der Waals surface area contributed by atoms with Crippen molar-refractivity contribution >= 4 is 23.9 Å². The van der Waals surface area contributed by atoms with Gasteiger partial charge in [-0.3, -0.25) is 0 Å². The lowest BCUT2D eigenvalue weighted by Crippen LogP contribution is -2.08. The summed E-state index contributed by atoms with van der Waals surface area (Å²) >= 11 is 0. The number of carbonyl (C=O) groups excluding carboxylic acids is 2. The lowest BCUT2D eigenvalue weighted by Gasteiger charge is -2.10. The summed E-state index contributed by atoms with van der Waals surface area (Å²) in [5.41, 5.74) is 1.41. The second-order valence-electron chi connectivity index (χ2n) is 6.57. The molecule has 0 amide bonds. The zero-order chi connectivity index (χ0) is 22.5. The number of furan rings is 1. The number of hydrogen-bond acceptors (Lipinski definition) is 8. The van der Waals surface area contributed by atoms with Crippen LogP contribution in [-0.4, -0.2) is 31.6 Å². The zero-order valence-electron chi connectivity index (χ0n) is 17.4. The second-order valence-corrected chi connectivity index (χ2v) is 6.57. The van der Waals surface area contributed by atoms with E-state index in [1.807, 2.05) is 6.92 Å². The van der Waals surface area contributed by atoms with Crippen molar-refractivity contribution in [2.45, 2.75) is 6.92 Å². The molecule has 0 saturated carbocycles. The molecule has 8 nitrogen and oxygen atoms in total. The van der Waals surface area contributed by atoms with E-state index in [9.17, 15) is 9.59 Å². The second kappa shape index (κ2) is 9.22. The van der Waals surface area contributed by atoms with E-state index in [0.717, 1.165) is 0 Å². The van der Waals surface area contributed by atoms with E-state index < -0.39 is 11.9 Å². The number of esters is 2. The molecule has 0 atom stereocenters. The van der Waals surface area contributed by atoms with Crippen molar-refractivity contribution in [2.24, 2.45) is 4.99 Å². The third kappa shape index (κ3) is 4.54. The Hall–Kier alpha value is -4.33. The maximum atomic E-state index is 12.3. The van der Waals surface area contributed by atoms with Crippen LogP contribution in [0.15, 0.2) is 76.0 Å². The summed E-state index contributed by atoms with van der Waals surface area (Å²) in [5.74, 6) is 0.327. The molecule has 0 N–H and O–H groups in total. The number of carbonyl (C=O) groups is 2. The van der Waals surface area contributed by atoms with E-state index in [2.05, 4.69) is 4.99 Å². The van der Waals surface area contributed by atoms with Gasteiger partial charge in [0, 0.05) is 5.56 Å². The van der Waals surface area contributed by atoms with Crippen LogP contribution in [0.1, 0.15) is 28.6 Å². The zero-order valence-corrected chi connectivity index (χ0v) is 17.4. The Morgan fingerprint density at radius 3 is 2.59 bits per heavy atom. The summed E-state index contributed by atoms with van der Waals surface area (Å²) in [7, 11) is 1.57. The monoisotopic (exact) mass is 433 g/mol. The SMILES string of the molecule is CCOc1cc(/C=C2/N=C(c3ccc(OC)cc3)OC2=O)ccc1OC(=O)c1ccco1. The average Bonchev–Trinajstić information content (AvgIpc) is 3.46. The highest BCUT2D eigenvalue weighted by Crippen LogP contribution is 2.31. The maximum absolute atomic E-state index is 12.3. The third-order valence-electron chi connectivity index (χ3n) is 4.45. The Morgan fingerprint density at radius 1 is 1.09 bits per heavy atom. The fourth-order valence-corrected chi connectivity index (χ4v) is 2.94. The van der Waals surface area contributed by atoms with Crippen LogP contribution in [0.5, 0.6) is 17.2 Å². The van der Waals surface area contributed by atoms with E-state index in [1.165, 1.54) is 12.3 Å². The van der Waals surface area contributed by atoms with Gasteiger partial charge >= 0.3 is 11.9 Å². The van der Waals surface area contributed by atoms with Crippen LogP contribution in [0.2, 0.25) is 0 Å².